The average molecular weight is 396 g/mol. The van der Waals surface area contributed by atoms with E-state index in [-0.39, 0.29) is 11.4 Å². The first kappa shape index (κ1) is 18.8. The van der Waals surface area contributed by atoms with Gasteiger partial charge in [0.1, 0.15) is 0 Å². The standard InChI is InChI=1S/C15H10Cl2F3NO2S/c16-9-2-1-8(10(17)7-9)5-6-21-14(23)12-4-3-11(24-12)13(22)15(18,19)20/h1-4,7H,5-6H2,(H,21,23). The Morgan fingerprint density at radius 1 is 1.08 bits per heavy atom. The molecular formula is C15H10Cl2F3NO2S. The van der Waals surface area contributed by atoms with Crippen molar-refractivity contribution in [2.24, 2.45) is 0 Å². The molecule has 0 saturated carbocycles. The van der Waals surface area contributed by atoms with Crippen LogP contribution in [0.5, 0.6) is 0 Å². The highest BCUT2D eigenvalue weighted by Crippen LogP contribution is 2.26. The molecule has 0 aliphatic carbocycles. The summed E-state index contributed by atoms with van der Waals surface area (Å²) in [6.07, 6.45) is -4.52. The second kappa shape index (κ2) is 7.55. The van der Waals surface area contributed by atoms with Gasteiger partial charge in [-0.1, -0.05) is 29.3 Å². The summed E-state index contributed by atoms with van der Waals surface area (Å²) in [6, 6.07) is 7.15. The molecule has 1 N–H and O–H groups in total. The summed E-state index contributed by atoms with van der Waals surface area (Å²) in [6.45, 7) is 0.237. The van der Waals surface area contributed by atoms with Crippen molar-refractivity contribution in [2.45, 2.75) is 12.6 Å². The molecule has 9 heteroatoms. The summed E-state index contributed by atoms with van der Waals surface area (Å²) in [5.74, 6) is -2.51. The largest absolute Gasteiger partial charge is 0.455 e. The Hall–Kier alpha value is -1.57. The molecule has 0 aliphatic rings. The van der Waals surface area contributed by atoms with Crippen LogP contribution in [0, 0.1) is 0 Å². The monoisotopic (exact) mass is 395 g/mol. The first-order chi connectivity index (χ1) is 11.2. The number of Topliss-reactive ketones (excluding diaryl/α,β-unsaturated/α-hetero) is 1. The van der Waals surface area contributed by atoms with E-state index in [0.717, 1.165) is 11.6 Å². The van der Waals surface area contributed by atoms with Crippen LogP contribution in [0.3, 0.4) is 0 Å². The molecule has 0 unspecified atom stereocenters. The molecule has 0 radical (unpaired) electrons. The van der Waals surface area contributed by atoms with Gasteiger partial charge in [-0.05, 0) is 36.2 Å². The summed E-state index contributed by atoms with van der Waals surface area (Å²) in [7, 11) is 0. The number of carbonyl (C=O) groups is 2. The van der Waals surface area contributed by atoms with Gasteiger partial charge < -0.3 is 5.32 Å². The molecule has 3 nitrogen and oxygen atoms in total. The molecule has 1 aromatic heterocycles. The Kier molecular flexibility index (Phi) is 5.90. The number of amides is 1. The van der Waals surface area contributed by atoms with Crippen LogP contribution >= 0.6 is 34.5 Å². The fourth-order valence-corrected chi connectivity index (χ4v) is 3.23. The minimum absolute atomic E-state index is 0.0322. The molecule has 0 saturated heterocycles. The van der Waals surface area contributed by atoms with E-state index < -0.39 is 22.7 Å². The van der Waals surface area contributed by atoms with E-state index in [4.69, 9.17) is 23.2 Å². The van der Waals surface area contributed by atoms with Gasteiger partial charge >= 0.3 is 6.18 Å². The van der Waals surface area contributed by atoms with Gasteiger partial charge in [-0.25, -0.2) is 0 Å². The molecule has 0 aliphatic heterocycles. The Balaban J connectivity index is 1.94. The van der Waals surface area contributed by atoms with Crippen LogP contribution in [-0.2, 0) is 6.42 Å². The lowest BCUT2D eigenvalue weighted by molar-refractivity contribution is -0.0882. The van der Waals surface area contributed by atoms with Crippen LogP contribution in [-0.4, -0.2) is 24.4 Å². The van der Waals surface area contributed by atoms with Gasteiger partial charge in [0, 0.05) is 16.6 Å². The maximum absolute atomic E-state index is 12.3. The number of thiophene rings is 1. The molecule has 2 rings (SSSR count). The lowest BCUT2D eigenvalue weighted by atomic mass is 10.1. The summed E-state index contributed by atoms with van der Waals surface area (Å²) in [4.78, 5) is 22.5. The number of rotatable bonds is 5. The minimum atomic E-state index is -4.95. The van der Waals surface area contributed by atoms with Crippen molar-refractivity contribution in [2.75, 3.05) is 6.54 Å². The SMILES string of the molecule is O=C(NCCc1ccc(Cl)cc1Cl)c1ccc(C(=O)C(F)(F)F)s1. The Morgan fingerprint density at radius 2 is 1.75 bits per heavy atom. The number of hydrogen-bond donors (Lipinski definition) is 1. The van der Waals surface area contributed by atoms with Crippen molar-refractivity contribution in [3.63, 3.8) is 0 Å². The maximum Gasteiger partial charge on any atom is 0.455 e. The number of benzene rings is 1. The third kappa shape index (κ3) is 4.72. The van der Waals surface area contributed by atoms with Gasteiger partial charge in [0.15, 0.2) is 0 Å². The fourth-order valence-electron chi connectivity index (χ4n) is 1.84. The number of hydrogen-bond acceptors (Lipinski definition) is 3. The zero-order chi connectivity index (χ0) is 17.9. The summed E-state index contributed by atoms with van der Waals surface area (Å²) >= 11 is 12.3. The topological polar surface area (TPSA) is 46.2 Å². The van der Waals surface area contributed by atoms with E-state index in [1.165, 1.54) is 6.07 Å². The molecule has 1 aromatic carbocycles. The van der Waals surface area contributed by atoms with Gasteiger partial charge in [0.2, 0.25) is 0 Å². The van der Waals surface area contributed by atoms with Crippen molar-refractivity contribution in [1.82, 2.24) is 5.32 Å². The van der Waals surface area contributed by atoms with Gasteiger partial charge in [-0.15, -0.1) is 11.3 Å². The lowest BCUT2D eigenvalue weighted by Crippen LogP contribution is -2.25. The molecule has 2 aromatic rings. The first-order valence-corrected chi connectivity index (χ1v) is 8.19. The van der Waals surface area contributed by atoms with E-state index >= 15 is 0 Å². The highest BCUT2D eigenvalue weighted by molar-refractivity contribution is 7.16. The molecule has 1 amide bonds. The number of halogens is 5. The third-order valence-corrected chi connectivity index (χ3v) is 4.68. The molecule has 128 valence electrons. The predicted molar refractivity (Wildman–Crippen MR) is 87.2 cm³/mol. The second-order valence-corrected chi connectivity index (χ2v) is 6.66. The molecular weight excluding hydrogens is 386 g/mol. The third-order valence-electron chi connectivity index (χ3n) is 3.01. The van der Waals surface area contributed by atoms with E-state index in [1.54, 1.807) is 18.2 Å². The van der Waals surface area contributed by atoms with Crippen LogP contribution in [0.4, 0.5) is 13.2 Å². The van der Waals surface area contributed by atoms with Crippen molar-refractivity contribution >= 4 is 46.2 Å². The van der Waals surface area contributed by atoms with E-state index in [0.29, 0.717) is 27.8 Å². The van der Waals surface area contributed by atoms with Gasteiger partial charge in [0.05, 0.1) is 9.75 Å². The quantitative estimate of drug-likeness (QED) is 0.740. The normalized spacial score (nSPS) is 11.4. The molecule has 0 atom stereocenters. The highest BCUT2D eigenvalue weighted by atomic mass is 35.5. The van der Waals surface area contributed by atoms with Crippen LogP contribution in [0.2, 0.25) is 10.0 Å². The minimum Gasteiger partial charge on any atom is -0.351 e. The van der Waals surface area contributed by atoms with Crippen LogP contribution in [0.1, 0.15) is 24.9 Å². The van der Waals surface area contributed by atoms with Crippen molar-refractivity contribution in [1.29, 1.82) is 0 Å². The van der Waals surface area contributed by atoms with Gasteiger partial charge in [0.25, 0.3) is 11.7 Å². The number of alkyl halides is 3. The van der Waals surface area contributed by atoms with Gasteiger partial charge in [-0.2, -0.15) is 13.2 Å². The predicted octanol–water partition coefficient (Wildman–Crippen LogP) is 4.77. The van der Waals surface area contributed by atoms with E-state index in [2.05, 4.69) is 5.32 Å². The molecule has 24 heavy (non-hydrogen) atoms. The second-order valence-electron chi connectivity index (χ2n) is 4.73. The van der Waals surface area contributed by atoms with Crippen molar-refractivity contribution in [3.8, 4) is 0 Å². The van der Waals surface area contributed by atoms with Crippen molar-refractivity contribution in [3.05, 3.63) is 55.7 Å². The number of ketones is 1. The smallest absolute Gasteiger partial charge is 0.351 e. The Bertz CT molecular complexity index is 774. The lowest BCUT2D eigenvalue weighted by Gasteiger charge is -2.06. The van der Waals surface area contributed by atoms with Gasteiger partial charge in [-0.3, -0.25) is 9.59 Å². The fraction of sp³-hybridized carbons (Fsp3) is 0.200. The molecule has 0 spiro atoms. The van der Waals surface area contributed by atoms with Crippen LogP contribution in [0.15, 0.2) is 30.3 Å². The van der Waals surface area contributed by atoms with Crippen LogP contribution in [0.25, 0.3) is 0 Å². The molecule has 1 heterocycles. The Morgan fingerprint density at radius 3 is 2.38 bits per heavy atom. The zero-order valence-corrected chi connectivity index (χ0v) is 14.2. The summed E-state index contributed by atoms with van der Waals surface area (Å²) in [5, 5.41) is 3.53. The first-order valence-electron chi connectivity index (χ1n) is 6.62. The molecule has 0 bridgehead atoms. The average Bonchev–Trinajstić information content (AvgIpc) is 2.97. The van der Waals surface area contributed by atoms with E-state index in [1.807, 2.05) is 0 Å². The highest BCUT2D eigenvalue weighted by Gasteiger charge is 2.40. The molecule has 0 fully saturated rings. The number of nitrogens with one attached hydrogen (secondary N) is 1. The summed E-state index contributed by atoms with van der Waals surface area (Å²) < 4.78 is 37.0. The number of carbonyl (C=O) groups excluding carboxylic acids is 2. The van der Waals surface area contributed by atoms with Crippen molar-refractivity contribution < 1.29 is 22.8 Å². The van der Waals surface area contributed by atoms with E-state index in [9.17, 15) is 22.8 Å². The summed E-state index contributed by atoms with van der Waals surface area (Å²) in [5.41, 5.74) is 0.778. The Labute approximate surface area is 149 Å². The van der Waals surface area contributed by atoms with Crippen LogP contribution < -0.4 is 5.32 Å². The zero-order valence-electron chi connectivity index (χ0n) is 11.9. The maximum atomic E-state index is 12.3.